The Balaban J connectivity index is 1.44. The van der Waals surface area contributed by atoms with E-state index in [0.717, 1.165) is 11.3 Å². The average molecular weight is 453 g/mol. The fraction of sp³-hybridized carbons (Fsp3) is 0.273. The maximum atomic E-state index is 12.6. The van der Waals surface area contributed by atoms with E-state index in [1.54, 1.807) is 29.1 Å². The molecule has 9 nitrogen and oxygen atoms in total. The fourth-order valence-electron chi connectivity index (χ4n) is 3.18. The summed E-state index contributed by atoms with van der Waals surface area (Å²) in [5, 5.41) is 11.6. The number of carbonyl (C=O) groups excluding carboxylic acids is 1. The van der Waals surface area contributed by atoms with Crippen LogP contribution >= 0.6 is 11.8 Å². The van der Waals surface area contributed by atoms with Crippen LogP contribution in [0.15, 0.2) is 63.2 Å². The number of hydrogen-bond acceptors (Lipinski definition) is 7. The van der Waals surface area contributed by atoms with Crippen LogP contribution in [0.4, 0.5) is 5.69 Å². The molecule has 1 N–H and O–H groups in total. The van der Waals surface area contributed by atoms with Crippen LogP contribution in [-0.4, -0.2) is 56.5 Å². The summed E-state index contributed by atoms with van der Waals surface area (Å²) < 4.78 is 8.72. The highest BCUT2D eigenvalue weighted by molar-refractivity contribution is 7.99. The Morgan fingerprint density at radius 1 is 1.19 bits per heavy atom. The normalized spacial score (nSPS) is 11.4. The van der Waals surface area contributed by atoms with E-state index in [9.17, 15) is 9.59 Å². The van der Waals surface area contributed by atoms with E-state index >= 15 is 0 Å². The van der Waals surface area contributed by atoms with Gasteiger partial charge in [-0.25, -0.2) is 4.79 Å². The largest absolute Gasteiger partial charge is 0.419 e. The van der Waals surface area contributed by atoms with Crippen molar-refractivity contribution >= 4 is 34.5 Å². The van der Waals surface area contributed by atoms with Crippen LogP contribution in [0.3, 0.4) is 0 Å². The maximum Gasteiger partial charge on any atom is 0.419 e. The number of nitrogens with one attached hydrogen (secondary N) is 1. The van der Waals surface area contributed by atoms with Crippen LogP contribution in [0.2, 0.25) is 0 Å². The van der Waals surface area contributed by atoms with Gasteiger partial charge < -0.3 is 14.6 Å². The Bertz CT molecular complexity index is 1290. The number of hydrogen-bond donors (Lipinski definition) is 1. The molecule has 32 heavy (non-hydrogen) atoms. The van der Waals surface area contributed by atoms with Gasteiger partial charge in [0, 0.05) is 24.5 Å². The molecule has 4 aromatic rings. The molecule has 4 rings (SSSR count). The van der Waals surface area contributed by atoms with Crippen molar-refractivity contribution in [3.05, 3.63) is 64.9 Å². The smallest absolute Gasteiger partial charge is 0.408 e. The monoisotopic (exact) mass is 452 g/mol. The van der Waals surface area contributed by atoms with Gasteiger partial charge in [-0.1, -0.05) is 29.5 Å². The van der Waals surface area contributed by atoms with Crippen molar-refractivity contribution in [3.63, 3.8) is 0 Å². The Kier molecular flexibility index (Phi) is 6.42. The van der Waals surface area contributed by atoms with Gasteiger partial charge in [0.05, 0.1) is 11.3 Å². The van der Waals surface area contributed by atoms with Crippen molar-refractivity contribution in [2.75, 3.05) is 31.7 Å². The van der Waals surface area contributed by atoms with Gasteiger partial charge in [0.1, 0.15) is 6.33 Å². The van der Waals surface area contributed by atoms with Gasteiger partial charge >= 0.3 is 5.76 Å². The minimum Gasteiger partial charge on any atom is -0.408 e. The summed E-state index contributed by atoms with van der Waals surface area (Å²) in [5.41, 5.74) is 3.85. The lowest BCUT2D eigenvalue weighted by molar-refractivity contribution is -0.113. The number of carbonyl (C=O) groups is 1. The lowest BCUT2D eigenvalue weighted by Crippen LogP contribution is -2.23. The van der Waals surface area contributed by atoms with Crippen LogP contribution in [0, 0.1) is 6.92 Å². The first kappa shape index (κ1) is 21.8. The number of rotatable bonds is 8. The zero-order valence-electron chi connectivity index (χ0n) is 18.1. The number of likely N-dealkylation sites (N-methyl/N-ethyl adjacent to an activating group) is 1. The third-order valence-electron chi connectivity index (χ3n) is 4.88. The van der Waals surface area contributed by atoms with Gasteiger partial charge in [-0.05, 0) is 51.4 Å². The quantitative estimate of drug-likeness (QED) is 0.411. The number of anilines is 1. The summed E-state index contributed by atoms with van der Waals surface area (Å²) in [6, 6.07) is 13.2. The molecule has 0 atom stereocenters. The van der Waals surface area contributed by atoms with E-state index in [4.69, 9.17) is 4.42 Å². The summed E-state index contributed by atoms with van der Waals surface area (Å²) in [6.45, 7) is 3.22. The highest BCUT2D eigenvalue weighted by Gasteiger charge is 2.13. The molecule has 0 saturated carbocycles. The second-order valence-electron chi connectivity index (χ2n) is 7.66. The fourth-order valence-corrected chi connectivity index (χ4v) is 3.91. The molecule has 1 amide bonds. The van der Waals surface area contributed by atoms with E-state index in [1.807, 2.05) is 54.8 Å². The van der Waals surface area contributed by atoms with E-state index < -0.39 is 5.76 Å². The summed E-state index contributed by atoms with van der Waals surface area (Å²) in [5.74, 6) is -0.420. The number of fused-ring (bicyclic) bond motifs is 1. The Morgan fingerprint density at radius 2 is 1.97 bits per heavy atom. The number of oxazole rings is 1. The zero-order chi connectivity index (χ0) is 22.7. The molecule has 0 saturated heterocycles. The first-order chi connectivity index (χ1) is 15.4. The lowest BCUT2D eigenvalue weighted by atomic mass is 10.2. The molecule has 0 fully saturated rings. The highest BCUT2D eigenvalue weighted by Crippen LogP contribution is 2.22. The predicted molar refractivity (Wildman–Crippen MR) is 124 cm³/mol. The summed E-state index contributed by atoms with van der Waals surface area (Å²) in [6.07, 6.45) is 1.63. The molecule has 2 aromatic carbocycles. The standard InChI is InChI=1S/C22H24N6O3S/c1-15-4-7-17(8-5-15)28-14-23-25-21(28)32-13-20(29)24-16-6-9-19-18(12-16)27(22(30)31-19)11-10-26(2)3/h4-9,12,14H,10-11,13H2,1-3H3,(H,24,29). The minimum atomic E-state index is -0.406. The number of benzene rings is 2. The maximum absolute atomic E-state index is 12.6. The second kappa shape index (κ2) is 9.41. The molecule has 166 valence electrons. The van der Waals surface area contributed by atoms with Crippen LogP contribution in [0.25, 0.3) is 16.8 Å². The van der Waals surface area contributed by atoms with Gasteiger partial charge in [0.15, 0.2) is 10.7 Å². The van der Waals surface area contributed by atoms with Crippen molar-refractivity contribution in [1.82, 2.24) is 24.2 Å². The van der Waals surface area contributed by atoms with Crippen molar-refractivity contribution in [1.29, 1.82) is 0 Å². The van der Waals surface area contributed by atoms with E-state index in [0.29, 0.717) is 35.0 Å². The Hall–Kier alpha value is -3.37. The number of aromatic nitrogens is 4. The van der Waals surface area contributed by atoms with Crippen molar-refractivity contribution in [2.24, 2.45) is 0 Å². The van der Waals surface area contributed by atoms with Gasteiger partial charge in [-0.15, -0.1) is 10.2 Å². The van der Waals surface area contributed by atoms with E-state index in [2.05, 4.69) is 15.5 Å². The van der Waals surface area contributed by atoms with E-state index in [1.165, 1.54) is 11.8 Å². The number of nitrogens with zero attached hydrogens (tertiary/aromatic N) is 5. The molecular weight excluding hydrogens is 428 g/mol. The molecule has 0 spiro atoms. The predicted octanol–water partition coefficient (Wildman–Crippen LogP) is 2.78. The molecule has 0 radical (unpaired) electrons. The molecule has 2 aromatic heterocycles. The second-order valence-corrected chi connectivity index (χ2v) is 8.60. The first-order valence-corrected chi connectivity index (χ1v) is 11.1. The van der Waals surface area contributed by atoms with Crippen LogP contribution < -0.4 is 11.1 Å². The topological polar surface area (TPSA) is 98.2 Å². The van der Waals surface area contributed by atoms with Gasteiger partial charge in [0.2, 0.25) is 5.91 Å². The molecule has 2 heterocycles. The molecule has 0 unspecified atom stereocenters. The van der Waals surface area contributed by atoms with Crippen molar-refractivity contribution in [3.8, 4) is 5.69 Å². The summed E-state index contributed by atoms with van der Waals surface area (Å²) in [4.78, 5) is 26.7. The molecule has 0 bridgehead atoms. The summed E-state index contributed by atoms with van der Waals surface area (Å²) >= 11 is 1.30. The summed E-state index contributed by atoms with van der Waals surface area (Å²) in [7, 11) is 3.88. The van der Waals surface area contributed by atoms with Crippen LogP contribution in [0.5, 0.6) is 0 Å². The number of aryl methyl sites for hydroxylation is 1. The highest BCUT2D eigenvalue weighted by atomic mass is 32.2. The Labute approximate surface area is 189 Å². The average Bonchev–Trinajstić information content (AvgIpc) is 3.35. The number of amides is 1. The van der Waals surface area contributed by atoms with Gasteiger partial charge in [0.25, 0.3) is 0 Å². The molecule has 0 aliphatic heterocycles. The Morgan fingerprint density at radius 3 is 2.72 bits per heavy atom. The van der Waals surface area contributed by atoms with Gasteiger partial charge in [-0.3, -0.25) is 13.9 Å². The zero-order valence-corrected chi connectivity index (χ0v) is 18.9. The van der Waals surface area contributed by atoms with Crippen molar-refractivity contribution in [2.45, 2.75) is 18.6 Å². The lowest BCUT2D eigenvalue weighted by Gasteiger charge is -2.10. The molecule has 10 heteroatoms. The molecule has 0 aliphatic carbocycles. The van der Waals surface area contributed by atoms with Crippen LogP contribution in [0.1, 0.15) is 5.56 Å². The van der Waals surface area contributed by atoms with Crippen LogP contribution in [-0.2, 0) is 11.3 Å². The van der Waals surface area contributed by atoms with Gasteiger partial charge in [-0.2, -0.15) is 0 Å². The van der Waals surface area contributed by atoms with Crippen molar-refractivity contribution < 1.29 is 9.21 Å². The first-order valence-electron chi connectivity index (χ1n) is 10.1. The minimum absolute atomic E-state index is 0.168. The SMILES string of the molecule is Cc1ccc(-n2cnnc2SCC(=O)Nc2ccc3oc(=O)n(CCN(C)C)c3c2)cc1. The third kappa shape index (κ3) is 4.92. The molecular formula is C22H24N6O3S. The third-order valence-corrected chi connectivity index (χ3v) is 5.83. The molecule has 0 aliphatic rings. The van der Waals surface area contributed by atoms with E-state index in [-0.39, 0.29) is 11.7 Å². The number of thioether (sulfide) groups is 1.